The van der Waals surface area contributed by atoms with Crippen molar-refractivity contribution in [3.05, 3.63) is 89.4 Å². The highest BCUT2D eigenvalue weighted by Crippen LogP contribution is 2.27. The van der Waals surface area contributed by atoms with E-state index in [1.54, 1.807) is 68.6 Å². The Kier molecular flexibility index (Phi) is 9.63. The van der Waals surface area contributed by atoms with Crippen LogP contribution in [0.2, 0.25) is 5.02 Å². The molecule has 0 radical (unpaired) electrons. The summed E-state index contributed by atoms with van der Waals surface area (Å²) in [5, 5.41) is 3.22. The predicted molar refractivity (Wildman–Crippen MR) is 153 cm³/mol. The number of hydrogen-bond donors (Lipinski definition) is 1. The maximum Gasteiger partial charge on any atom is 0.264 e. The third-order valence-electron chi connectivity index (χ3n) is 5.86. The Labute approximate surface area is 235 Å². The molecule has 39 heavy (non-hydrogen) atoms. The van der Waals surface area contributed by atoms with Gasteiger partial charge in [0.05, 0.1) is 17.7 Å². The van der Waals surface area contributed by atoms with E-state index in [9.17, 15) is 18.0 Å². The molecule has 0 heterocycles. The third kappa shape index (κ3) is 7.97. The molecule has 8 nitrogen and oxygen atoms in total. The molecule has 0 fully saturated rings. The molecule has 0 unspecified atom stereocenters. The van der Waals surface area contributed by atoms with Crippen LogP contribution in [0.3, 0.4) is 0 Å². The van der Waals surface area contributed by atoms with Gasteiger partial charge in [0.2, 0.25) is 11.8 Å². The minimum Gasteiger partial charge on any atom is -0.497 e. The number of rotatable bonds is 10. The number of nitrogens with one attached hydrogen (secondary N) is 1. The maximum atomic E-state index is 13.9. The van der Waals surface area contributed by atoms with Crippen molar-refractivity contribution >= 4 is 39.1 Å². The lowest BCUT2D eigenvalue weighted by atomic mass is 10.1. The molecule has 0 saturated carbocycles. The van der Waals surface area contributed by atoms with E-state index in [-0.39, 0.29) is 23.0 Å². The molecule has 0 bridgehead atoms. The van der Waals surface area contributed by atoms with Crippen LogP contribution >= 0.6 is 11.6 Å². The topological polar surface area (TPSA) is 96.0 Å². The number of sulfonamides is 1. The van der Waals surface area contributed by atoms with Gasteiger partial charge in [-0.15, -0.1) is 0 Å². The van der Waals surface area contributed by atoms with Crippen molar-refractivity contribution in [1.29, 1.82) is 0 Å². The SMILES string of the molecule is COc1cccc(CN(C(=O)CN(c2cccc(Cl)c2)S(=O)(=O)c2ccccc2)[C@H](C)C(=O)NC(C)(C)C)c1. The van der Waals surface area contributed by atoms with Crippen molar-refractivity contribution in [2.75, 3.05) is 18.0 Å². The van der Waals surface area contributed by atoms with Gasteiger partial charge >= 0.3 is 0 Å². The van der Waals surface area contributed by atoms with Crippen molar-refractivity contribution in [3.63, 3.8) is 0 Å². The maximum absolute atomic E-state index is 13.9. The summed E-state index contributed by atoms with van der Waals surface area (Å²) in [5.74, 6) is -0.327. The summed E-state index contributed by atoms with van der Waals surface area (Å²) in [6.07, 6.45) is 0. The summed E-state index contributed by atoms with van der Waals surface area (Å²) in [4.78, 5) is 28.5. The Balaban J connectivity index is 2.04. The highest BCUT2D eigenvalue weighted by Gasteiger charge is 2.33. The number of benzene rings is 3. The summed E-state index contributed by atoms with van der Waals surface area (Å²) in [6, 6.07) is 20.4. The first kappa shape index (κ1) is 30.0. The molecule has 1 N–H and O–H groups in total. The van der Waals surface area contributed by atoms with E-state index < -0.39 is 34.1 Å². The average molecular weight is 572 g/mol. The molecule has 2 amide bonds. The second-order valence-electron chi connectivity index (χ2n) is 10.1. The van der Waals surface area contributed by atoms with Crippen LogP contribution in [0.5, 0.6) is 5.75 Å². The van der Waals surface area contributed by atoms with E-state index in [0.717, 1.165) is 9.87 Å². The first-order chi connectivity index (χ1) is 18.3. The number of nitrogens with zero attached hydrogens (tertiary/aromatic N) is 2. The Morgan fingerprint density at radius 1 is 0.974 bits per heavy atom. The molecule has 3 aromatic carbocycles. The Morgan fingerprint density at radius 2 is 1.64 bits per heavy atom. The number of anilines is 1. The lowest BCUT2D eigenvalue weighted by Crippen LogP contribution is -2.54. The van der Waals surface area contributed by atoms with Gasteiger partial charge in [-0.2, -0.15) is 0 Å². The standard InChI is InChI=1S/C29H34ClN3O5S/c1-21(28(35)31-29(2,3)4)32(19-22-11-9-14-25(17-22)38-5)27(34)20-33(24-13-10-12-23(30)18-24)39(36,37)26-15-7-6-8-16-26/h6-18,21H,19-20H2,1-5H3,(H,31,35)/t21-/m1/s1. The van der Waals surface area contributed by atoms with E-state index in [1.807, 2.05) is 26.8 Å². The number of carbonyl (C=O) groups excluding carboxylic acids is 2. The number of hydrogen-bond acceptors (Lipinski definition) is 5. The molecule has 0 spiro atoms. The van der Waals surface area contributed by atoms with Crippen molar-refractivity contribution < 1.29 is 22.7 Å². The minimum atomic E-state index is -4.15. The predicted octanol–water partition coefficient (Wildman–Crippen LogP) is 4.88. The Bertz CT molecular complexity index is 1410. The van der Waals surface area contributed by atoms with Crippen molar-refractivity contribution in [3.8, 4) is 5.75 Å². The molecule has 0 saturated heterocycles. The normalized spacial score (nSPS) is 12.4. The fourth-order valence-electron chi connectivity index (χ4n) is 3.90. The largest absolute Gasteiger partial charge is 0.497 e. The summed E-state index contributed by atoms with van der Waals surface area (Å²) >= 11 is 6.19. The molecule has 1 atom stereocenters. The zero-order valence-electron chi connectivity index (χ0n) is 22.7. The van der Waals surface area contributed by atoms with Crippen LogP contribution in [-0.4, -0.2) is 50.4 Å². The number of methoxy groups -OCH3 is 1. The third-order valence-corrected chi connectivity index (χ3v) is 7.88. The van der Waals surface area contributed by atoms with Crippen molar-refractivity contribution in [2.24, 2.45) is 0 Å². The minimum absolute atomic E-state index is 0.0237. The van der Waals surface area contributed by atoms with Crippen LogP contribution in [0.15, 0.2) is 83.8 Å². The summed E-state index contributed by atoms with van der Waals surface area (Å²) in [7, 11) is -2.61. The van der Waals surface area contributed by atoms with E-state index in [4.69, 9.17) is 16.3 Å². The number of carbonyl (C=O) groups is 2. The van der Waals surface area contributed by atoms with Gasteiger partial charge in [0.15, 0.2) is 0 Å². The second kappa shape index (κ2) is 12.5. The van der Waals surface area contributed by atoms with Crippen LogP contribution in [-0.2, 0) is 26.2 Å². The first-order valence-corrected chi connectivity index (χ1v) is 14.2. The summed E-state index contributed by atoms with van der Waals surface area (Å²) in [5.41, 5.74) is 0.422. The fraction of sp³-hybridized carbons (Fsp3) is 0.310. The molecule has 0 aliphatic carbocycles. The van der Waals surface area contributed by atoms with Gasteiger partial charge in [-0.1, -0.05) is 48.0 Å². The molecule has 3 rings (SSSR count). The lowest BCUT2D eigenvalue weighted by molar-refractivity contribution is -0.140. The van der Waals surface area contributed by atoms with Crippen LogP contribution in [0.25, 0.3) is 0 Å². The van der Waals surface area contributed by atoms with E-state index in [2.05, 4.69) is 5.32 Å². The van der Waals surface area contributed by atoms with Crippen LogP contribution in [0, 0.1) is 0 Å². The highest BCUT2D eigenvalue weighted by atomic mass is 35.5. The highest BCUT2D eigenvalue weighted by molar-refractivity contribution is 7.92. The smallest absolute Gasteiger partial charge is 0.264 e. The van der Waals surface area contributed by atoms with Crippen LogP contribution < -0.4 is 14.4 Å². The van der Waals surface area contributed by atoms with Gasteiger partial charge in [0.1, 0.15) is 18.3 Å². The molecule has 0 aliphatic rings. The second-order valence-corrected chi connectivity index (χ2v) is 12.4. The van der Waals surface area contributed by atoms with Crippen molar-refractivity contribution in [2.45, 2.75) is 50.7 Å². The van der Waals surface area contributed by atoms with E-state index in [0.29, 0.717) is 10.8 Å². The molecule has 3 aromatic rings. The molecule has 10 heteroatoms. The summed E-state index contributed by atoms with van der Waals surface area (Å²) in [6.45, 7) is 6.67. The number of amides is 2. The monoisotopic (exact) mass is 571 g/mol. The lowest BCUT2D eigenvalue weighted by Gasteiger charge is -2.33. The zero-order valence-corrected chi connectivity index (χ0v) is 24.3. The molecule has 208 valence electrons. The van der Waals surface area contributed by atoms with Gasteiger partial charge < -0.3 is 15.0 Å². The number of halogens is 1. The van der Waals surface area contributed by atoms with Crippen molar-refractivity contribution in [1.82, 2.24) is 10.2 Å². The molecule has 0 aliphatic heterocycles. The number of ether oxygens (including phenoxy) is 1. The van der Waals surface area contributed by atoms with Gasteiger partial charge in [-0.25, -0.2) is 8.42 Å². The van der Waals surface area contributed by atoms with E-state index in [1.165, 1.54) is 23.1 Å². The average Bonchev–Trinajstić information content (AvgIpc) is 2.89. The van der Waals surface area contributed by atoms with Gasteiger partial charge in [0.25, 0.3) is 10.0 Å². The fourth-order valence-corrected chi connectivity index (χ4v) is 5.52. The first-order valence-electron chi connectivity index (χ1n) is 12.4. The van der Waals surface area contributed by atoms with Gasteiger partial charge in [-0.05, 0) is 75.7 Å². The van der Waals surface area contributed by atoms with Crippen LogP contribution in [0.1, 0.15) is 33.3 Å². The van der Waals surface area contributed by atoms with Gasteiger partial charge in [0, 0.05) is 17.1 Å². The Hall–Kier alpha value is -3.56. The molecular weight excluding hydrogens is 538 g/mol. The van der Waals surface area contributed by atoms with Crippen LogP contribution in [0.4, 0.5) is 5.69 Å². The Morgan fingerprint density at radius 3 is 2.26 bits per heavy atom. The quantitative estimate of drug-likeness (QED) is 0.374. The van der Waals surface area contributed by atoms with E-state index >= 15 is 0 Å². The van der Waals surface area contributed by atoms with Gasteiger partial charge in [-0.3, -0.25) is 13.9 Å². The zero-order chi connectivity index (χ0) is 28.8. The molecular formula is C29H34ClN3O5S. The molecule has 0 aromatic heterocycles. The summed E-state index contributed by atoms with van der Waals surface area (Å²) < 4.78 is 33.8.